The number of piperidine rings is 1. The van der Waals surface area contributed by atoms with Crippen LogP contribution >= 0.6 is 11.3 Å². The molecule has 0 aliphatic carbocycles. The Balaban J connectivity index is 1.87. The highest BCUT2D eigenvalue weighted by Gasteiger charge is 2.24. The van der Waals surface area contributed by atoms with E-state index in [1.807, 2.05) is 16.3 Å². The summed E-state index contributed by atoms with van der Waals surface area (Å²) in [5, 5.41) is 14.3. The lowest BCUT2D eigenvalue weighted by atomic mass is 9.98. The summed E-state index contributed by atoms with van der Waals surface area (Å²) in [6, 6.07) is 4.22. The lowest BCUT2D eigenvalue weighted by Gasteiger charge is -2.32. The fraction of sp³-hybridized carbons (Fsp3) is 0.643. The molecular formula is C14H22N2O2S. The quantitative estimate of drug-likeness (QED) is 0.892. The zero-order valence-corrected chi connectivity index (χ0v) is 12.2. The van der Waals surface area contributed by atoms with Crippen molar-refractivity contribution < 1.29 is 9.90 Å². The standard InChI is InChI=1S/C14H22N2O2S/c1-2-12(13-4-3-9-19-13)15-14(18)16-7-5-11(10-17)6-8-16/h3-4,9,11-12,17H,2,5-8,10H2,1H3,(H,15,18). The summed E-state index contributed by atoms with van der Waals surface area (Å²) in [6.07, 6.45) is 2.71. The van der Waals surface area contributed by atoms with E-state index in [0.717, 1.165) is 32.4 Å². The van der Waals surface area contributed by atoms with Gasteiger partial charge in [-0.05, 0) is 36.6 Å². The molecule has 1 aliphatic heterocycles. The van der Waals surface area contributed by atoms with Crippen molar-refractivity contribution in [3.63, 3.8) is 0 Å². The number of hydrogen-bond donors (Lipinski definition) is 2. The van der Waals surface area contributed by atoms with E-state index in [2.05, 4.69) is 18.3 Å². The molecule has 5 heteroatoms. The molecule has 1 atom stereocenters. The molecule has 0 bridgehead atoms. The van der Waals surface area contributed by atoms with E-state index in [9.17, 15) is 4.79 Å². The van der Waals surface area contributed by atoms with E-state index in [1.54, 1.807) is 11.3 Å². The molecule has 1 aromatic rings. The molecule has 1 aromatic heterocycles. The number of carbonyl (C=O) groups is 1. The highest BCUT2D eigenvalue weighted by atomic mass is 32.1. The van der Waals surface area contributed by atoms with Crippen LogP contribution in [0.5, 0.6) is 0 Å². The number of aliphatic hydroxyl groups is 1. The minimum atomic E-state index is 0.0247. The van der Waals surface area contributed by atoms with Gasteiger partial charge in [0.1, 0.15) is 0 Å². The first-order valence-corrected chi connectivity index (χ1v) is 7.82. The van der Waals surface area contributed by atoms with Crippen LogP contribution < -0.4 is 5.32 Å². The molecule has 1 aliphatic rings. The van der Waals surface area contributed by atoms with Gasteiger partial charge in [0.2, 0.25) is 0 Å². The number of aliphatic hydroxyl groups excluding tert-OH is 1. The second-order valence-electron chi connectivity index (χ2n) is 5.04. The molecule has 2 heterocycles. The first-order valence-electron chi connectivity index (χ1n) is 6.94. The van der Waals surface area contributed by atoms with Crippen molar-refractivity contribution in [2.24, 2.45) is 5.92 Å². The van der Waals surface area contributed by atoms with Crippen LogP contribution in [0.3, 0.4) is 0 Å². The summed E-state index contributed by atoms with van der Waals surface area (Å²) in [4.78, 5) is 15.3. The molecule has 0 aromatic carbocycles. The molecule has 1 fully saturated rings. The predicted octanol–water partition coefficient (Wildman–Crippen LogP) is 2.61. The van der Waals surface area contributed by atoms with Gasteiger partial charge in [0.05, 0.1) is 6.04 Å². The average molecular weight is 282 g/mol. The SMILES string of the molecule is CCC(NC(=O)N1CCC(CO)CC1)c1cccs1. The molecule has 4 nitrogen and oxygen atoms in total. The predicted molar refractivity (Wildman–Crippen MR) is 77.3 cm³/mol. The molecule has 106 valence electrons. The first-order chi connectivity index (χ1) is 9.24. The Morgan fingerprint density at radius 3 is 2.84 bits per heavy atom. The van der Waals surface area contributed by atoms with E-state index >= 15 is 0 Å². The molecule has 0 saturated carbocycles. The van der Waals surface area contributed by atoms with E-state index in [4.69, 9.17) is 5.11 Å². The summed E-state index contributed by atoms with van der Waals surface area (Å²) < 4.78 is 0. The van der Waals surface area contributed by atoms with Crippen molar-refractivity contribution in [2.45, 2.75) is 32.2 Å². The van der Waals surface area contributed by atoms with Gasteiger partial charge in [0.15, 0.2) is 0 Å². The van der Waals surface area contributed by atoms with Crippen molar-refractivity contribution in [3.05, 3.63) is 22.4 Å². The topological polar surface area (TPSA) is 52.6 Å². The van der Waals surface area contributed by atoms with Crippen molar-refractivity contribution in [2.75, 3.05) is 19.7 Å². The number of rotatable bonds is 4. The van der Waals surface area contributed by atoms with Crippen molar-refractivity contribution in [1.82, 2.24) is 10.2 Å². The third-order valence-corrected chi connectivity index (χ3v) is 4.74. The minimum absolute atomic E-state index is 0.0247. The summed E-state index contributed by atoms with van der Waals surface area (Å²) in [5.41, 5.74) is 0. The van der Waals surface area contributed by atoms with E-state index in [-0.39, 0.29) is 18.7 Å². The van der Waals surface area contributed by atoms with Crippen LogP contribution in [0.4, 0.5) is 4.79 Å². The fourth-order valence-electron chi connectivity index (χ4n) is 2.42. The van der Waals surface area contributed by atoms with Crippen LogP contribution in [0.2, 0.25) is 0 Å². The number of thiophene rings is 1. The van der Waals surface area contributed by atoms with E-state index in [0.29, 0.717) is 5.92 Å². The van der Waals surface area contributed by atoms with Crippen LogP contribution in [0, 0.1) is 5.92 Å². The van der Waals surface area contributed by atoms with Gasteiger partial charge < -0.3 is 15.3 Å². The van der Waals surface area contributed by atoms with Crippen LogP contribution in [-0.2, 0) is 0 Å². The lowest BCUT2D eigenvalue weighted by molar-refractivity contribution is 0.135. The largest absolute Gasteiger partial charge is 0.396 e. The Hall–Kier alpha value is -1.07. The summed E-state index contributed by atoms with van der Waals surface area (Å²) >= 11 is 1.68. The van der Waals surface area contributed by atoms with Gasteiger partial charge >= 0.3 is 6.03 Å². The molecule has 2 rings (SSSR count). The maximum absolute atomic E-state index is 12.2. The Kier molecular flexibility index (Phi) is 5.22. The average Bonchev–Trinajstić information content (AvgIpc) is 2.98. The van der Waals surface area contributed by atoms with Crippen molar-refractivity contribution >= 4 is 17.4 Å². The minimum Gasteiger partial charge on any atom is -0.396 e. The number of urea groups is 1. The van der Waals surface area contributed by atoms with Gasteiger partial charge in [-0.15, -0.1) is 11.3 Å². The highest BCUT2D eigenvalue weighted by molar-refractivity contribution is 7.10. The van der Waals surface area contributed by atoms with Crippen LogP contribution in [0.1, 0.15) is 37.1 Å². The maximum Gasteiger partial charge on any atom is 0.317 e. The Bertz CT molecular complexity index is 386. The first kappa shape index (κ1) is 14.3. The van der Waals surface area contributed by atoms with Crippen LogP contribution in [0.15, 0.2) is 17.5 Å². The number of hydrogen-bond acceptors (Lipinski definition) is 3. The Labute approximate surface area is 118 Å². The monoisotopic (exact) mass is 282 g/mol. The van der Waals surface area contributed by atoms with E-state index in [1.165, 1.54) is 4.88 Å². The summed E-state index contributed by atoms with van der Waals surface area (Å²) in [7, 11) is 0. The van der Waals surface area contributed by atoms with Crippen molar-refractivity contribution in [3.8, 4) is 0 Å². The molecule has 19 heavy (non-hydrogen) atoms. The normalized spacial score (nSPS) is 18.3. The Morgan fingerprint density at radius 2 is 2.32 bits per heavy atom. The third-order valence-electron chi connectivity index (χ3n) is 3.75. The van der Waals surface area contributed by atoms with E-state index < -0.39 is 0 Å². The molecule has 2 amide bonds. The van der Waals surface area contributed by atoms with Gasteiger partial charge in [-0.2, -0.15) is 0 Å². The second kappa shape index (κ2) is 6.91. The summed E-state index contributed by atoms with van der Waals surface area (Å²) in [5.74, 6) is 0.364. The zero-order valence-electron chi connectivity index (χ0n) is 11.3. The third kappa shape index (κ3) is 3.70. The van der Waals surface area contributed by atoms with Crippen LogP contribution in [-0.4, -0.2) is 35.7 Å². The molecule has 0 radical (unpaired) electrons. The van der Waals surface area contributed by atoms with Gasteiger partial charge in [0, 0.05) is 24.6 Å². The molecular weight excluding hydrogens is 260 g/mol. The maximum atomic E-state index is 12.2. The van der Waals surface area contributed by atoms with Gasteiger partial charge in [0.25, 0.3) is 0 Å². The van der Waals surface area contributed by atoms with Gasteiger partial charge in [-0.1, -0.05) is 13.0 Å². The summed E-state index contributed by atoms with van der Waals surface area (Å²) in [6.45, 7) is 3.82. The molecule has 0 spiro atoms. The van der Waals surface area contributed by atoms with Gasteiger partial charge in [-0.25, -0.2) is 4.79 Å². The number of carbonyl (C=O) groups excluding carboxylic acids is 1. The number of amides is 2. The number of likely N-dealkylation sites (tertiary alicyclic amines) is 1. The Morgan fingerprint density at radius 1 is 1.58 bits per heavy atom. The van der Waals surface area contributed by atoms with Crippen LogP contribution in [0.25, 0.3) is 0 Å². The van der Waals surface area contributed by atoms with Crippen molar-refractivity contribution in [1.29, 1.82) is 0 Å². The molecule has 1 saturated heterocycles. The smallest absolute Gasteiger partial charge is 0.317 e. The number of nitrogens with zero attached hydrogens (tertiary/aromatic N) is 1. The lowest BCUT2D eigenvalue weighted by Crippen LogP contribution is -2.45. The highest BCUT2D eigenvalue weighted by Crippen LogP contribution is 2.23. The fourth-order valence-corrected chi connectivity index (χ4v) is 3.28. The molecule has 1 unspecified atom stereocenters. The van der Waals surface area contributed by atoms with Gasteiger partial charge in [-0.3, -0.25) is 0 Å². The molecule has 2 N–H and O–H groups in total. The number of nitrogens with one attached hydrogen (secondary N) is 1. The zero-order chi connectivity index (χ0) is 13.7. The second-order valence-corrected chi connectivity index (χ2v) is 6.02.